The number of carboxylic acids is 1. The lowest BCUT2D eigenvalue weighted by atomic mass is 9.92. The van der Waals surface area contributed by atoms with Gasteiger partial charge in [-0.15, -0.1) is 0 Å². The third kappa shape index (κ3) is 7.59. The summed E-state index contributed by atoms with van der Waals surface area (Å²) in [5, 5.41) is 10.2. The molecule has 1 amide bonds. The lowest BCUT2D eigenvalue weighted by Crippen LogP contribution is -2.46. The number of pyridine rings is 1. The molecule has 2 aromatic carbocycles. The summed E-state index contributed by atoms with van der Waals surface area (Å²) in [4.78, 5) is 31.0. The molecule has 40 heavy (non-hydrogen) atoms. The highest BCUT2D eigenvalue weighted by Crippen LogP contribution is 2.50. The molecule has 2 heterocycles. The minimum Gasteiger partial charge on any atom is -0.475 e. The van der Waals surface area contributed by atoms with Crippen molar-refractivity contribution in [1.29, 1.82) is 0 Å². The van der Waals surface area contributed by atoms with Crippen LogP contribution in [0.25, 0.3) is 0 Å². The van der Waals surface area contributed by atoms with Crippen molar-refractivity contribution in [2.45, 2.75) is 44.3 Å². The normalized spacial score (nSPS) is 16.4. The van der Waals surface area contributed by atoms with Crippen molar-refractivity contribution in [2.75, 3.05) is 36.4 Å². The number of aliphatic carboxylic acids is 1. The second-order valence-electron chi connectivity index (χ2n) is 10.1. The lowest BCUT2D eigenvalue weighted by molar-refractivity contribution is -0.192. The fourth-order valence-corrected chi connectivity index (χ4v) is 4.86. The maximum atomic E-state index is 12.8. The molecule has 2 fully saturated rings. The lowest BCUT2D eigenvalue weighted by Gasteiger charge is -2.35. The van der Waals surface area contributed by atoms with Crippen LogP contribution in [0.2, 0.25) is 0 Å². The van der Waals surface area contributed by atoms with E-state index in [1.165, 1.54) is 30.4 Å². The van der Waals surface area contributed by atoms with Crippen LogP contribution in [0.3, 0.4) is 0 Å². The number of halogens is 3. The number of carboxylic acid groups (broad SMARTS) is 1. The highest BCUT2D eigenvalue weighted by atomic mass is 19.4. The first kappa shape index (κ1) is 29.1. The molecule has 2 N–H and O–H groups in total. The number of carbonyl (C=O) groups is 2. The first-order valence-corrected chi connectivity index (χ1v) is 13.3. The molecule has 0 bridgehead atoms. The number of carbonyl (C=O) groups excluding carboxylic acids is 1. The predicted molar refractivity (Wildman–Crippen MR) is 147 cm³/mol. The Morgan fingerprint density at radius 2 is 1.65 bits per heavy atom. The van der Waals surface area contributed by atoms with Gasteiger partial charge < -0.3 is 15.3 Å². The summed E-state index contributed by atoms with van der Waals surface area (Å²) in [6.45, 7) is 7.08. The number of hydrogen-bond donors (Lipinski definition) is 2. The van der Waals surface area contributed by atoms with E-state index in [1.54, 1.807) is 0 Å². The zero-order valence-corrected chi connectivity index (χ0v) is 22.3. The van der Waals surface area contributed by atoms with Crippen LogP contribution in [-0.4, -0.2) is 59.2 Å². The molecule has 5 rings (SSSR count). The molecule has 3 aromatic rings. The Balaban J connectivity index is 0.000000470. The average molecular weight is 555 g/mol. The summed E-state index contributed by atoms with van der Waals surface area (Å²) >= 11 is 0. The van der Waals surface area contributed by atoms with Gasteiger partial charge in [0.25, 0.3) is 5.91 Å². The summed E-state index contributed by atoms with van der Waals surface area (Å²) in [6.07, 6.45) is 0.466. The molecule has 1 saturated heterocycles. The Kier molecular flexibility index (Phi) is 9.09. The number of piperazine rings is 1. The van der Waals surface area contributed by atoms with Crippen LogP contribution in [0.4, 0.5) is 24.7 Å². The zero-order valence-electron chi connectivity index (χ0n) is 22.3. The molecule has 2 aliphatic rings. The van der Waals surface area contributed by atoms with Gasteiger partial charge in [0.15, 0.2) is 0 Å². The monoisotopic (exact) mass is 554 g/mol. The molecule has 0 radical (unpaired) electrons. The molecule has 1 aliphatic carbocycles. The summed E-state index contributed by atoms with van der Waals surface area (Å²) in [5.74, 6) is -1.76. The van der Waals surface area contributed by atoms with Crippen molar-refractivity contribution in [2.24, 2.45) is 0 Å². The third-order valence-electron chi connectivity index (χ3n) is 7.47. The second kappa shape index (κ2) is 12.5. The van der Waals surface area contributed by atoms with Gasteiger partial charge in [-0.25, -0.2) is 9.78 Å². The van der Waals surface area contributed by atoms with Crippen molar-refractivity contribution in [3.63, 3.8) is 0 Å². The molecule has 1 aromatic heterocycles. The largest absolute Gasteiger partial charge is 0.490 e. The van der Waals surface area contributed by atoms with Crippen molar-refractivity contribution in [3.05, 3.63) is 89.6 Å². The standard InChI is InChI=1S/C28H32N4O.C2HF3O2/c1-2-28(13-14-28)24-11-9-23(10-12-24)27(33)30-25-7-5-6-22(20-25)21-31-16-18-32(19-17-31)26-8-3-4-15-29-26;3-2(4,5)1(6)7/h3-12,15,20H,2,13-14,16-19,21H2,1H3,(H,30,33);(H,6,7). The van der Waals surface area contributed by atoms with E-state index in [0.717, 1.165) is 44.2 Å². The van der Waals surface area contributed by atoms with Gasteiger partial charge in [-0.05, 0) is 72.2 Å². The van der Waals surface area contributed by atoms with Crippen LogP contribution in [0.5, 0.6) is 0 Å². The minimum atomic E-state index is -5.08. The van der Waals surface area contributed by atoms with Gasteiger partial charge in [0, 0.05) is 50.2 Å². The molecular formula is C30H33F3N4O3. The number of rotatable bonds is 7. The maximum absolute atomic E-state index is 12.8. The van der Waals surface area contributed by atoms with Gasteiger partial charge in [-0.1, -0.05) is 37.3 Å². The quantitative estimate of drug-likeness (QED) is 0.388. The highest BCUT2D eigenvalue weighted by Gasteiger charge is 2.42. The number of benzene rings is 2. The highest BCUT2D eigenvalue weighted by molar-refractivity contribution is 6.04. The Bertz CT molecular complexity index is 1290. The number of alkyl halides is 3. The molecule has 1 saturated carbocycles. The maximum Gasteiger partial charge on any atom is 0.490 e. The average Bonchev–Trinajstić information content (AvgIpc) is 3.76. The van der Waals surface area contributed by atoms with Crippen molar-refractivity contribution in [3.8, 4) is 0 Å². The second-order valence-corrected chi connectivity index (χ2v) is 10.1. The SMILES string of the molecule is CCC1(c2ccc(C(=O)Nc3cccc(CN4CCN(c5ccccn5)CC4)c3)cc2)CC1.O=C(O)C(F)(F)F. The fraction of sp³-hybridized carbons (Fsp3) is 0.367. The number of amides is 1. The van der Waals surface area contributed by atoms with E-state index in [4.69, 9.17) is 9.90 Å². The van der Waals surface area contributed by atoms with Gasteiger partial charge in [0.05, 0.1) is 0 Å². The Labute approximate surface area is 231 Å². The van der Waals surface area contributed by atoms with Crippen LogP contribution in [0.15, 0.2) is 72.9 Å². The van der Waals surface area contributed by atoms with E-state index < -0.39 is 12.1 Å². The van der Waals surface area contributed by atoms with Crippen LogP contribution in [-0.2, 0) is 16.8 Å². The van der Waals surface area contributed by atoms with Crippen LogP contribution >= 0.6 is 0 Å². The van der Waals surface area contributed by atoms with Gasteiger partial charge in [-0.2, -0.15) is 13.2 Å². The predicted octanol–water partition coefficient (Wildman–Crippen LogP) is 5.73. The smallest absolute Gasteiger partial charge is 0.475 e. The molecule has 0 unspecified atom stereocenters. The number of nitrogens with zero attached hydrogens (tertiary/aromatic N) is 3. The fourth-order valence-electron chi connectivity index (χ4n) is 4.86. The molecule has 10 heteroatoms. The Hall–Kier alpha value is -3.92. The van der Waals surface area contributed by atoms with Crippen LogP contribution in [0, 0.1) is 0 Å². The number of hydrogen-bond acceptors (Lipinski definition) is 5. The van der Waals surface area contributed by atoms with E-state index in [-0.39, 0.29) is 5.91 Å². The summed E-state index contributed by atoms with van der Waals surface area (Å²) < 4.78 is 31.7. The molecule has 1 aliphatic heterocycles. The van der Waals surface area contributed by atoms with E-state index >= 15 is 0 Å². The van der Waals surface area contributed by atoms with E-state index in [0.29, 0.717) is 11.0 Å². The van der Waals surface area contributed by atoms with Crippen LogP contribution in [0.1, 0.15) is 47.7 Å². The van der Waals surface area contributed by atoms with E-state index in [1.807, 2.05) is 42.6 Å². The van der Waals surface area contributed by atoms with Crippen molar-refractivity contribution in [1.82, 2.24) is 9.88 Å². The minimum absolute atomic E-state index is 0.0518. The number of aromatic nitrogens is 1. The Morgan fingerprint density at radius 3 is 2.20 bits per heavy atom. The zero-order chi connectivity index (χ0) is 28.8. The third-order valence-corrected chi connectivity index (χ3v) is 7.47. The van der Waals surface area contributed by atoms with Crippen LogP contribution < -0.4 is 10.2 Å². The molecular weight excluding hydrogens is 521 g/mol. The first-order chi connectivity index (χ1) is 19.1. The summed E-state index contributed by atoms with van der Waals surface area (Å²) in [6, 6.07) is 22.5. The Morgan fingerprint density at radius 1 is 0.975 bits per heavy atom. The van der Waals surface area contributed by atoms with E-state index in [9.17, 15) is 18.0 Å². The van der Waals surface area contributed by atoms with Gasteiger partial charge in [0.1, 0.15) is 5.82 Å². The summed E-state index contributed by atoms with van der Waals surface area (Å²) in [5.41, 5.74) is 4.51. The van der Waals surface area contributed by atoms with Gasteiger partial charge in [-0.3, -0.25) is 9.69 Å². The van der Waals surface area contributed by atoms with Gasteiger partial charge >= 0.3 is 12.1 Å². The van der Waals surface area contributed by atoms with Crippen molar-refractivity contribution >= 4 is 23.4 Å². The van der Waals surface area contributed by atoms with Gasteiger partial charge in [0.2, 0.25) is 0 Å². The molecule has 212 valence electrons. The molecule has 0 atom stereocenters. The topological polar surface area (TPSA) is 85.8 Å². The number of nitrogens with one attached hydrogen (secondary N) is 1. The van der Waals surface area contributed by atoms with Crippen molar-refractivity contribution < 1.29 is 27.9 Å². The number of anilines is 2. The van der Waals surface area contributed by atoms with E-state index in [2.05, 4.69) is 57.4 Å². The summed E-state index contributed by atoms with van der Waals surface area (Å²) in [7, 11) is 0. The molecule has 0 spiro atoms. The molecule has 7 nitrogen and oxygen atoms in total. The first-order valence-electron chi connectivity index (χ1n) is 13.3.